The van der Waals surface area contributed by atoms with Gasteiger partial charge in [-0.25, -0.2) is 4.98 Å². The summed E-state index contributed by atoms with van der Waals surface area (Å²) in [7, 11) is 4.19. The molecule has 4 rings (SSSR count). The standard InChI is InChI=1S/C29H45N5/c1-29(2,3)23-14-10-21(11-15-23)18-19-30-20-22-12-16-24(17-13-22)31-28-32-26-9-7-6-8-25(26)27(33-28)34(4)5/h10-11,14-15,22,24,30H,6-9,12-13,16-20H2,1-5H3,(H,31,32,33). The molecule has 1 fully saturated rings. The van der Waals surface area contributed by atoms with Crippen LogP contribution in [-0.2, 0) is 24.7 Å². The molecule has 1 aromatic heterocycles. The van der Waals surface area contributed by atoms with E-state index in [-0.39, 0.29) is 5.41 Å². The van der Waals surface area contributed by atoms with Crippen LogP contribution in [0.1, 0.15) is 81.7 Å². The van der Waals surface area contributed by atoms with E-state index in [9.17, 15) is 0 Å². The molecule has 5 heteroatoms. The summed E-state index contributed by atoms with van der Waals surface area (Å²) in [6, 6.07) is 9.66. The molecule has 0 aliphatic heterocycles. The van der Waals surface area contributed by atoms with E-state index in [0.29, 0.717) is 6.04 Å². The number of aromatic nitrogens is 2. The van der Waals surface area contributed by atoms with Crippen LogP contribution in [0.15, 0.2) is 24.3 Å². The molecule has 0 radical (unpaired) electrons. The van der Waals surface area contributed by atoms with Crippen molar-refractivity contribution in [2.75, 3.05) is 37.4 Å². The summed E-state index contributed by atoms with van der Waals surface area (Å²) < 4.78 is 0. The number of nitrogens with one attached hydrogen (secondary N) is 2. The van der Waals surface area contributed by atoms with Crippen LogP contribution in [0.25, 0.3) is 0 Å². The van der Waals surface area contributed by atoms with Gasteiger partial charge in [0, 0.05) is 25.7 Å². The Morgan fingerprint density at radius 2 is 1.65 bits per heavy atom. The Labute approximate surface area is 207 Å². The van der Waals surface area contributed by atoms with Crippen molar-refractivity contribution in [3.05, 3.63) is 46.6 Å². The Hall–Kier alpha value is -2.14. The van der Waals surface area contributed by atoms with E-state index in [2.05, 4.69) is 74.7 Å². The van der Waals surface area contributed by atoms with Gasteiger partial charge in [-0.1, -0.05) is 45.0 Å². The smallest absolute Gasteiger partial charge is 0.225 e. The highest BCUT2D eigenvalue weighted by Gasteiger charge is 2.24. The van der Waals surface area contributed by atoms with Crippen LogP contribution in [-0.4, -0.2) is 43.2 Å². The predicted octanol–water partition coefficient (Wildman–Crippen LogP) is 5.52. The van der Waals surface area contributed by atoms with Gasteiger partial charge in [0.1, 0.15) is 5.82 Å². The first kappa shape index (κ1) is 25.0. The van der Waals surface area contributed by atoms with E-state index < -0.39 is 0 Å². The van der Waals surface area contributed by atoms with Crippen LogP contribution in [0, 0.1) is 5.92 Å². The van der Waals surface area contributed by atoms with Gasteiger partial charge in [0.2, 0.25) is 5.95 Å². The molecule has 0 amide bonds. The third-order valence-electron chi connectivity index (χ3n) is 7.61. The van der Waals surface area contributed by atoms with Gasteiger partial charge in [-0.3, -0.25) is 0 Å². The van der Waals surface area contributed by atoms with Crippen molar-refractivity contribution in [1.82, 2.24) is 15.3 Å². The minimum Gasteiger partial charge on any atom is -0.362 e. The monoisotopic (exact) mass is 463 g/mol. The number of hydrogen-bond donors (Lipinski definition) is 2. The fourth-order valence-corrected chi connectivity index (χ4v) is 5.41. The lowest BCUT2D eigenvalue weighted by atomic mass is 9.86. The molecule has 5 nitrogen and oxygen atoms in total. The molecule has 1 heterocycles. The summed E-state index contributed by atoms with van der Waals surface area (Å²) >= 11 is 0. The summed E-state index contributed by atoms with van der Waals surface area (Å²) in [6.07, 6.45) is 10.8. The van der Waals surface area contributed by atoms with E-state index in [1.54, 1.807) is 0 Å². The lowest BCUT2D eigenvalue weighted by Crippen LogP contribution is -2.32. The van der Waals surface area contributed by atoms with Gasteiger partial charge in [-0.15, -0.1) is 0 Å². The third kappa shape index (κ3) is 6.50. The van der Waals surface area contributed by atoms with E-state index in [1.165, 1.54) is 60.9 Å². The fraction of sp³-hybridized carbons (Fsp3) is 0.655. The number of hydrogen-bond acceptors (Lipinski definition) is 5. The molecule has 2 N–H and O–H groups in total. The highest BCUT2D eigenvalue weighted by Crippen LogP contribution is 2.30. The maximum Gasteiger partial charge on any atom is 0.225 e. The summed E-state index contributed by atoms with van der Waals surface area (Å²) in [5, 5.41) is 7.40. The summed E-state index contributed by atoms with van der Waals surface area (Å²) in [6.45, 7) is 9.01. The van der Waals surface area contributed by atoms with Crippen LogP contribution in [0.3, 0.4) is 0 Å². The Balaban J connectivity index is 1.19. The number of anilines is 2. The van der Waals surface area contributed by atoms with Crippen LogP contribution in [0.4, 0.5) is 11.8 Å². The largest absolute Gasteiger partial charge is 0.362 e. The first-order chi connectivity index (χ1) is 16.3. The molecule has 0 bridgehead atoms. The van der Waals surface area contributed by atoms with Crippen molar-refractivity contribution < 1.29 is 0 Å². The van der Waals surface area contributed by atoms with Crippen molar-refractivity contribution in [3.63, 3.8) is 0 Å². The van der Waals surface area contributed by atoms with Gasteiger partial charge in [0.05, 0.1) is 5.69 Å². The summed E-state index contributed by atoms with van der Waals surface area (Å²) in [5.41, 5.74) is 5.69. The Morgan fingerprint density at radius 1 is 0.941 bits per heavy atom. The lowest BCUT2D eigenvalue weighted by Gasteiger charge is -2.30. The molecule has 0 spiro atoms. The maximum atomic E-state index is 4.92. The molecule has 0 saturated heterocycles. The molecular weight excluding hydrogens is 418 g/mol. The lowest BCUT2D eigenvalue weighted by molar-refractivity contribution is 0.325. The molecular formula is C29H45N5. The zero-order chi connectivity index (χ0) is 24.1. The van der Waals surface area contributed by atoms with Crippen molar-refractivity contribution in [2.24, 2.45) is 5.92 Å². The van der Waals surface area contributed by atoms with Crippen molar-refractivity contribution in [3.8, 4) is 0 Å². The zero-order valence-corrected chi connectivity index (χ0v) is 22.1. The van der Waals surface area contributed by atoms with Crippen molar-refractivity contribution >= 4 is 11.8 Å². The molecule has 1 aromatic carbocycles. The topological polar surface area (TPSA) is 53.1 Å². The molecule has 1 saturated carbocycles. The molecule has 0 atom stereocenters. The van der Waals surface area contributed by atoms with Crippen molar-refractivity contribution in [1.29, 1.82) is 0 Å². The number of nitrogens with zero attached hydrogens (tertiary/aromatic N) is 3. The average molecular weight is 464 g/mol. The molecule has 2 aliphatic carbocycles. The predicted molar refractivity (Wildman–Crippen MR) is 144 cm³/mol. The van der Waals surface area contributed by atoms with Crippen LogP contribution >= 0.6 is 0 Å². The minimum absolute atomic E-state index is 0.227. The van der Waals surface area contributed by atoms with Gasteiger partial charge in [0.15, 0.2) is 0 Å². The second-order valence-corrected chi connectivity index (χ2v) is 11.7. The zero-order valence-electron chi connectivity index (χ0n) is 22.1. The highest BCUT2D eigenvalue weighted by molar-refractivity contribution is 5.52. The van der Waals surface area contributed by atoms with Crippen LogP contribution in [0.5, 0.6) is 0 Å². The third-order valence-corrected chi connectivity index (χ3v) is 7.61. The van der Waals surface area contributed by atoms with E-state index >= 15 is 0 Å². The Bertz CT molecular complexity index is 921. The molecule has 34 heavy (non-hydrogen) atoms. The van der Waals surface area contributed by atoms with Crippen LogP contribution in [0.2, 0.25) is 0 Å². The number of rotatable bonds is 8. The Kier molecular flexibility index (Phi) is 8.13. The Morgan fingerprint density at radius 3 is 2.32 bits per heavy atom. The molecule has 186 valence electrons. The van der Waals surface area contributed by atoms with Gasteiger partial charge in [-0.05, 0) is 93.3 Å². The maximum absolute atomic E-state index is 4.92. The molecule has 0 unspecified atom stereocenters. The van der Waals surface area contributed by atoms with Crippen LogP contribution < -0.4 is 15.5 Å². The normalized spacial score (nSPS) is 20.6. The second-order valence-electron chi connectivity index (χ2n) is 11.7. The first-order valence-corrected chi connectivity index (χ1v) is 13.4. The number of fused-ring (bicyclic) bond motifs is 1. The number of aryl methyl sites for hydroxylation is 1. The highest BCUT2D eigenvalue weighted by atomic mass is 15.2. The first-order valence-electron chi connectivity index (χ1n) is 13.4. The van der Waals surface area contributed by atoms with Gasteiger partial charge >= 0.3 is 0 Å². The molecule has 2 aliphatic rings. The minimum atomic E-state index is 0.227. The SMILES string of the molecule is CN(C)c1nc(NC2CCC(CNCCc3ccc(C(C)(C)C)cc3)CC2)nc2c1CCCC2. The van der Waals surface area contributed by atoms with Crippen molar-refractivity contribution in [2.45, 2.75) is 90.0 Å². The number of benzene rings is 1. The summed E-state index contributed by atoms with van der Waals surface area (Å²) in [4.78, 5) is 12.0. The quantitative estimate of drug-likeness (QED) is 0.505. The van der Waals surface area contributed by atoms with Gasteiger partial charge < -0.3 is 15.5 Å². The second kappa shape index (κ2) is 11.1. The van der Waals surface area contributed by atoms with E-state index in [1.807, 2.05) is 0 Å². The van der Waals surface area contributed by atoms with Gasteiger partial charge in [-0.2, -0.15) is 4.98 Å². The average Bonchev–Trinajstić information content (AvgIpc) is 2.82. The molecule has 2 aromatic rings. The van der Waals surface area contributed by atoms with E-state index in [4.69, 9.17) is 9.97 Å². The van der Waals surface area contributed by atoms with E-state index in [0.717, 1.165) is 50.0 Å². The fourth-order valence-electron chi connectivity index (χ4n) is 5.41. The summed E-state index contributed by atoms with van der Waals surface area (Å²) in [5.74, 6) is 2.73. The van der Waals surface area contributed by atoms with Gasteiger partial charge in [0.25, 0.3) is 0 Å².